The van der Waals surface area contributed by atoms with Crippen LogP contribution in [0.5, 0.6) is 0 Å². The molecule has 0 unspecified atom stereocenters. The summed E-state index contributed by atoms with van der Waals surface area (Å²) in [5.74, 6) is -1.18. The number of nitrogens with zero attached hydrogens (tertiary/aromatic N) is 1. The minimum absolute atomic E-state index is 0.0423. The topological polar surface area (TPSA) is 66.8 Å². The molecule has 1 amide bonds. The summed E-state index contributed by atoms with van der Waals surface area (Å²) in [4.78, 5) is 23.5. The first kappa shape index (κ1) is 14.2. The number of carbonyl (C=O) groups is 2. The van der Waals surface area contributed by atoms with Crippen molar-refractivity contribution in [3.63, 3.8) is 0 Å². The van der Waals surface area contributed by atoms with E-state index in [0.29, 0.717) is 12.0 Å². The number of hydrogen-bond acceptors (Lipinski definition) is 3. The van der Waals surface area contributed by atoms with Gasteiger partial charge in [0, 0.05) is 6.54 Å². The van der Waals surface area contributed by atoms with E-state index in [1.54, 1.807) is 0 Å². The molecular weight excluding hydrogens is 279 g/mol. The van der Waals surface area contributed by atoms with E-state index in [-0.39, 0.29) is 17.8 Å². The van der Waals surface area contributed by atoms with Crippen LogP contribution in [0, 0.1) is 0 Å². The van der Waals surface area contributed by atoms with Crippen molar-refractivity contribution >= 4 is 17.7 Å². The predicted molar refractivity (Wildman–Crippen MR) is 61.9 cm³/mol. The standard InChI is InChI=1S/C12H10F3NO4/c13-12(14,15)6-20-11(19)16-4-3-7-1-2-8(10(17)18)5-9(7)16/h1-2,5H,3-4,6H2,(H,17,18). The molecule has 1 N–H and O–H groups in total. The van der Waals surface area contributed by atoms with Gasteiger partial charge in [0.15, 0.2) is 6.61 Å². The zero-order chi connectivity index (χ0) is 14.9. The quantitative estimate of drug-likeness (QED) is 0.908. The summed E-state index contributed by atoms with van der Waals surface area (Å²) in [6, 6.07) is 4.17. The van der Waals surface area contributed by atoms with E-state index in [2.05, 4.69) is 4.74 Å². The van der Waals surface area contributed by atoms with Gasteiger partial charge in [-0.1, -0.05) is 6.07 Å². The van der Waals surface area contributed by atoms with Gasteiger partial charge in [-0.05, 0) is 24.1 Å². The lowest BCUT2D eigenvalue weighted by molar-refractivity contribution is -0.159. The number of amides is 1. The number of fused-ring (bicyclic) bond motifs is 1. The number of anilines is 1. The highest BCUT2D eigenvalue weighted by Gasteiger charge is 2.33. The van der Waals surface area contributed by atoms with Crippen molar-refractivity contribution in [2.75, 3.05) is 18.1 Å². The van der Waals surface area contributed by atoms with Gasteiger partial charge in [0.25, 0.3) is 0 Å². The number of aromatic carboxylic acids is 1. The first-order valence-corrected chi connectivity index (χ1v) is 5.65. The fourth-order valence-corrected chi connectivity index (χ4v) is 1.92. The Bertz CT molecular complexity index is 556. The highest BCUT2D eigenvalue weighted by Crippen LogP contribution is 2.30. The molecule has 0 spiro atoms. The van der Waals surface area contributed by atoms with Crippen LogP contribution in [0.4, 0.5) is 23.7 Å². The molecule has 0 saturated carbocycles. The number of carbonyl (C=O) groups excluding carboxylic acids is 1. The summed E-state index contributed by atoms with van der Waals surface area (Å²) >= 11 is 0. The van der Waals surface area contributed by atoms with Crippen LogP contribution in [-0.2, 0) is 11.2 Å². The second-order valence-corrected chi connectivity index (χ2v) is 4.22. The first-order valence-electron chi connectivity index (χ1n) is 5.65. The number of rotatable bonds is 2. The first-order chi connectivity index (χ1) is 9.28. The van der Waals surface area contributed by atoms with Crippen molar-refractivity contribution in [2.24, 2.45) is 0 Å². The Labute approximate surface area is 111 Å². The summed E-state index contributed by atoms with van der Waals surface area (Å²) < 4.78 is 40.1. The van der Waals surface area contributed by atoms with Crippen molar-refractivity contribution in [3.05, 3.63) is 29.3 Å². The van der Waals surface area contributed by atoms with E-state index in [0.717, 1.165) is 4.90 Å². The molecule has 1 aliphatic heterocycles. The molecule has 0 fully saturated rings. The van der Waals surface area contributed by atoms with Crippen LogP contribution in [0.15, 0.2) is 18.2 Å². The number of carboxylic acid groups (broad SMARTS) is 1. The fourth-order valence-electron chi connectivity index (χ4n) is 1.92. The molecule has 20 heavy (non-hydrogen) atoms. The van der Waals surface area contributed by atoms with Gasteiger partial charge in [-0.15, -0.1) is 0 Å². The van der Waals surface area contributed by atoms with Crippen LogP contribution in [0.25, 0.3) is 0 Å². The molecule has 0 atom stereocenters. The molecule has 1 aliphatic rings. The van der Waals surface area contributed by atoms with E-state index in [1.165, 1.54) is 18.2 Å². The molecule has 2 rings (SSSR count). The molecule has 8 heteroatoms. The van der Waals surface area contributed by atoms with Gasteiger partial charge < -0.3 is 9.84 Å². The molecule has 5 nitrogen and oxygen atoms in total. The molecular formula is C12H10F3NO4. The average molecular weight is 289 g/mol. The molecule has 1 heterocycles. The minimum Gasteiger partial charge on any atom is -0.478 e. The van der Waals surface area contributed by atoms with Crippen LogP contribution in [0.2, 0.25) is 0 Å². The lowest BCUT2D eigenvalue weighted by Crippen LogP contribution is -2.32. The van der Waals surface area contributed by atoms with Gasteiger partial charge in [-0.3, -0.25) is 4.90 Å². The maximum Gasteiger partial charge on any atom is 0.422 e. The Morgan fingerprint density at radius 3 is 2.65 bits per heavy atom. The molecule has 0 radical (unpaired) electrons. The molecule has 108 valence electrons. The van der Waals surface area contributed by atoms with Gasteiger partial charge in [-0.2, -0.15) is 13.2 Å². The zero-order valence-electron chi connectivity index (χ0n) is 10.1. The molecule has 0 aromatic heterocycles. The molecule has 0 bridgehead atoms. The van der Waals surface area contributed by atoms with Gasteiger partial charge in [0.2, 0.25) is 0 Å². The highest BCUT2D eigenvalue weighted by molar-refractivity contribution is 5.94. The number of hydrogen-bond donors (Lipinski definition) is 1. The van der Waals surface area contributed by atoms with Crippen LogP contribution in [0.3, 0.4) is 0 Å². The molecule has 1 aromatic carbocycles. The normalized spacial score (nSPS) is 14.1. The number of alkyl halides is 3. The fraction of sp³-hybridized carbons (Fsp3) is 0.333. The third-order valence-corrected chi connectivity index (χ3v) is 2.81. The Balaban J connectivity index is 2.16. The van der Waals surface area contributed by atoms with Crippen LogP contribution < -0.4 is 4.90 Å². The number of ether oxygens (including phenoxy) is 1. The Morgan fingerprint density at radius 1 is 1.35 bits per heavy atom. The largest absolute Gasteiger partial charge is 0.478 e. The van der Waals surface area contributed by atoms with E-state index in [1.807, 2.05) is 0 Å². The van der Waals surface area contributed by atoms with Gasteiger partial charge in [-0.25, -0.2) is 9.59 Å². The van der Waals surface area contributed by atoms with Crippen molar-refractivity contribution in [1.82, 2.24) is 0 Å². The van der Waals surface area contributed by atoms with Crippen LogP contribution in [-0.4, -0.2) is 36.5 Å². The monoisotopic (exact) mass is 289 g/mol. The van der Waals surface area contributed by atoms with E-state index in [9.17, 15) is 22.8 Å². The third-order valence-electron chi connectivity index (χ3n) is 2.81. The maximum atomic E-state index is 12.0. The molecule has 1 aromatic rings. The molecule has 0 aliphatic carbocycles. The SMILES string of the molecule is O=C(O)c1ccc2c(c1)N(C(=O)OCC(F)(F)F)CC2. The van der Waals surface area contributed by atoms with Crippen LogP contribution >= 0.6 is 0 Å². The average Bonchev–Trinajstić information content (AvgIpc) is 2.77. The summed E-state index contributed by atoms with van der Waals surface area (Å²) in [6.45, 7) is -1.51. The summed E-state index contributed by atoms with van der Waals surface area (Å²) in [5, 5.41) is 8.87. The van der Waals surface area contributed by atoms with Gasteiger partial charge >= 0.3 is 18.2 Å². The van der Waals surface area contributed by atoms with Gasteiger partial charge in [0.1, 0.15) is 0 Å². The number of benzene rings is 1. The smallest absolute Gasteiger partial charge is 0.422 e. The second-order valence-electron chi connectivity index (χ2n) is 4.22. The van der Waals surface area contributed by atoms with Crippen molar-refractivity contribution in [3.8, 4) is 0 Å². The lowest BCUT2D eigenvalue weighted by atomic mass is 10.1. The summed E-state index contributed by atoms with van der Waals surface area (Å²) in [6.07, 6.45) is -5.29. The number of halogens is 3. The van der Waals surface area contributed by atoms with Crippen LogP contribution in [0.1, 0.15) is 15.9 Å². The predicted octanol–water partition coefficient (Wildman–Crippen LogP) is 2.45. The van der Waals surface area contributed by atoms with Crippen molar-refractivity contribution in [1.29, 1.82) is 0 Å². The van der Waals surface area contributed by atoms with E-state index in [4.69, 9.17) is 5.11 Å². The van der Waals surface area contributed by atoms with Crippen molar-refractivity contribution in [2.45, 2.75) is 12.6 Å². The molecule has 0 saturated heterocycles. The van der Waals surface area contributed by atoms with E-state index < -0.39 is 24.8 Å². The Morgan fingerprint density at radius 2 is 2.05 bits per heavy atom. The zero-order valence-corrected chi connectivity index (χ0v) is 10.1. The summed E-state index contributed by atoms with van der Waals surface area (Å²) in [7, 11) is 0. The summed E-state index contributed by atoms with van der Waals surface area (Å²) in [5.41, 5.74) is 0.926. The second kappa shape index (κ2) is 5.03. The number of carboxylic acids is 1. The Hall–Kier alpha value is -2.25. The minimum atomic E-state index is -4.60. The lowest BCUT2D eigenvalue weighted by Gasteiger charge is -2.18. The Kier molecular flexibility index (Phi) is 3.56. The maximum absolute atomic E-state index is 12.0. The van der Waals surface area contributed by atoms with Gasteiger partial charge in [0.05, 0.1) is 11.3 Å². The van der Waals surface area contributed by atoms with E-state index >= 15 is 0 Å². The highest BCUT2D eigenvalue weighted by atomic mass is 19.4. The third kappa shape index (κ3) is 3.01. The van der Waals surface area contributed by atoms with Crippen molar-refractivity contribution < 1.29 is 32.6 Å².